The second-order valence-corrected chi connectivity index (χ2v) is 7.10. The van der Waals surface area contributed by atoms with Crippen molar-refractivity contribution >= 4 is 34.6 Å². The van der Waals surface area contributed by atoms with E-state index < -0.39 is 0 Å². The zero-order chi connectivity index (χ0) is 16.1. The van der Waals surface area contributed by atoms with Gasteiger partial charge in [0.15, 0.2) is 10.8 Å². The molecule has 0 spiro atoms. The van der Waals surface area contributed by atoms with Crippen molar-refractivity contribution in [2.75, 3.05) is 12.0 Å². The molecule has 0 unspecified atom stereocenters. The van der Waals surface area contributed by atoms with E-state index in [9.17, 15) is 0 Å². The number of thioether (sulfide) groups is 2. The van der Waals surface area contributed by atoms with E-state index in [1.54, 1.807) is 23.5 Å². The Balaban J connectivity index is 1.95. The Morgan fingerprint density at radius 1 is 1.13 bits per heavy atom. The third-order valence-corrected chi connectivity index (χ3v) is 5.16. The van der Waals surface area contributed by atoms with Gasteiger partial charge in [0.25, 0.3) is 0 Å². The minimum Gasteiger partial charge on any atom is -0.243 e. The van der Waals surface area contributed by atoms with Crippen LogP contribution in [0.15, 0.2) is 46.7 Å². The van der Waals surface area contributed by atoms with Crippen LogP contribution < -0.4 is 0 Å². The molecule has 6 heteroatoms. The van der Waals surface area contributed by atoms with E-state index in [1.807, 2.05) is 23.2 Å². The topological polar surface area (TPSA) is 43.6 Å². The van der Waals surface area contributed by atoms with Gasteiger partial charge in [0.1, 0.15) is 5.03 Å². The lowest BCUT2D eigenvalue weighted by Gasteiger charge is -2.06. The third kappa shape index (κ3) is 3.87. The molecule has 0 amide bonds. The molecule has 0 radical (unpaired) electrons. The van der Waals surface area contributed by atoms with Crippen LogP contribution in [0.2, 0.25) is 0 Å². The van der Waals surface area contributed by atoms with E-state index >= 15 is 0 Å². The SMILES string of the molecule is CCCCSc1nc(SC)nc2c1cnn2Cc1ccccc1. The van der Waals surface area contributed by atoms with Crippen molar-refractivity contribution < 1.29 is 0 Å². The van der Waals surface area contributed by atoms with Gasteiger partial charge in [-0.05, 0) is 24.0 Å². The van der Waals surface area contributed by atoms with Crippen molar-refractivity contribution in [2.24, 2.45) is 0 Å². The molecule has 0 atom stereocenters. The summed E-state index contributed by atoms with van der Waals surface area (Å²) in [4.78, 5) is 9.35. The molecule has 0 bridgehead atoms. The number of rotatable bonds is 7. The Bertz CT molecular complexity index is 771. The molecule has 2 heterocycles. The molecule has 3 aromatic rings. The lowest BCUT2D eigenvalue weighted by atomic mass is 10.2. The first kappa shape index (κ1) is 16.3. The van der Waals surface area contributed by atoms with Crippen LogP contribution in [0.25, 0.3) is 11.0 Å². The van der Waals surface area contributed by atoms with Gasteiger partial charge in [-0.25, -0.2) is 14.6 Å². The van der Waals surface area contributed by atoms with Gasteiger partial charge in [0.05, 0.1) is 18.1 Å². The minimum absolute atomic E-state index is 0.730. The largest absolute Gasteiger partial charge is 0.243 e. The van der Waals surface area contributed by atoms with E-state index in [0.717, 1.165) is 33.5 Å². The monoisotopic (exact) mass is 344 g/mol. The molecular weight excluding hydrogens is 324 g/mol. The van der Waals surface area contributed by atoms with Crippen LogP contribution >= 0.6 is 23.5 Å². The van der Waals surface area contributed by atoms with Crippen molar-refractivity contribution in [3.05, 3.63) is 42.1 Å². The molecule has 120 valence electrons. The van der Waals surface area contributed by atoms with Crippen LogP contribution in [-0.2, 0) is 6.54 Å². The highest BCUT2D eigenvalue weighted by Gasteiger charge is 2.13. The summed E-state index contributed by atoms with van der Waals surface area (Å²) >= 11 is 3.38. The zero-order valence-electron chi connectivity index (χ0n) is 13.4. The van der Waals surface area contributed by atoms with Crippen LogP contribution in [-0.4, -0.2) is 31.8 Å². The number of benzene rings is 1. The normalized spacial score (nSPS) is 11.2. The molecule has 0 fully saturated rings. The van der Waals surface area contributed by atoms with Crippen LogP contribution in [0.5, 0.6) is 0 Å². The number of nitrogens with zero attached hydrogens (tertiary/aromatic N) is 4. The van der Waals surface area contributed by atoms with Crippen LogP contribution in [0, 0.1) is 0 Å². The molecule has 0 aliphatic heterocycles. The van der Waals surface area contributed by atoms with E-state index in [1.165, 1.54) is 18.4 Å². The Morgan fingerprint density at radius 3 is 2.70 bits per heavy atom. The number of hydrogen-bond donors (Lipinski definition) is 0. The fraction of sp³-hybridized carbons (Fsp3) is 0.353. The van der Waals surface area contributed by atoms with Gasteiger partial charge < -0.3 is 0 Å². The summed E-state index contributed by atoms with van der Waals surface area (Å²) in [6.07, 6.45) is 6.31. The fourth-order valence-corrected chi connectivity index (χ4v) is 3.79. The average Bonchev–Trinajstić information content (AvgIpc) is 2.99. The average molecular weight is 345 g/mol. The quantitative estimate of drug-likeness (QED) is 0.273. The van der Waals surface area contributed by atoms with E-state index in [4.69, 9.17) is 0 Å². The number of fused-ring (bicyclic) bond motifs is 1. The first-order valence-electron chi connectivity index (χ1n) is 7.76. The lowest BCUT2D eigenvalue weighted by molar-refractivity contribution is 0.698. The number of unbranched alkanes of at least 4 members (excludes halogenated alkanes) is 1. The Labute approximate surface area is 145 Å². The highest BCUT2D eigenvalue weighted by molar-refractivity contribution is 7.99. The van der Waals surface area contributed by atoms with Crippen molar-refractivity contribution in [1.82, 2.24) is 19.7 Å². The summed E-state index contributed by atoms with van der Waals surface area (Å²) in [7, 11) is 0. The maximum atomic E-state index is 4.68. The summed E-state index contributed by atoms with van der Waals surface area (Å²) in [6, 6.07) is 10.4. The van der Waals surface area contributed by atoms with Gasteiger partial charge in [-0.2, -0.15) is 5.10 Å². The maximum Gasteiger partial charge on any atom is 0.190 e. The van der Waals surface area contributed by atoms with Gasteiger partial charge in [0, 0.05) is 0 Å². The predicted octanol–water partition coefficient (Wildman–Crippen LogP) is 4.49. The minimum atomic E-state index is 0.730. The highest BCUT2D eigenvalue weighted by atomic mass is 32.2. The second-order valence-electron chi connectivity index (χ2n) is 5.24. The molecular formula is C17H20N4S2. The molecule has 1 aromatic carbocycles. The van der Waals surface area contributed by atoms with E-state index in [-0.39, 0.29) is 0 Å². The smallest absolute Gasteiger partial charge is 0.190 e. The molecule has 0 saturated carbocycles. The molecule has 3 rings (SSSR count). The van der Waals surface area contributed by atoms with E-state index in [0.29, 0.717) is 0 Å². The Hall–Kier alpha value is -1.53. The van der Waals surface area contributed by atoms with Gasteiger partial charge in [-0.15, -0.1) is 11.8 Å². The van der Waals surface area contributed by atoms with Crippen molar-refractivity contribution in [3.63, 3.8) is 0 Å². The Kier molecular flexibility index (Phi) is 5.56. The van der Waals surface area contributed by atoms with Crippen LogP contribution in [0.4, 0.5) is 0 Å². The van der Waals surface area contributed by atoms with Crippen LogP contribution in [0.1, 0.15) is 25.3 Å². The van der Waals surface area contributed by atoms with E-state index in [2.05, 4.69) is 46.3 Å². The first-order chi connectivity index (χ1) is 11.3. The zero-order valence-corrected chi connectivity index (χ0v) is 15.0. The van der Waals surface area contributed by atoms with Crippen molar-refractivity contribution in [1.29, 1.82) is 0 Å². The second kappa shape index (κ2) is 7.84. The van der Waals surface area contributed by atoms with Crippen molar-refractivity contribution in [3.8, 4) is 0 Å². The summed E-state index contributed by atoms with van der Waals surface area (Å²) in [5.41, 5.74) is 2.15. The molecule has 0 N–H and O–H groups in total. The van der Waals surface area contributed by atoms with Crippen molar-refractivity contribution in [2.45, 2.75) is 36.5 Å². The van der Waals surface area contributed by atoms with Gasteiger partial charge in [0.2, 0.25) is 0 Å². The first-order valence-corrected chi connectivity index (χ1v) is 9.97. The highest BCUT2D eigenvalue weighted by Crippen LogP contribution is 2.28. The molecule has 0 saturated heterocycles. The lowest BCUT2D eigenvalue weighted by Crippen LogP contribution is -2.03. The third-order valence-electron chi connectivity index (χ3n) is 3.54. The fourth-order valence-electron chi connectivity index (χ4n) is 2.30. The van der Waals surface area contributed by atoms with Gasteiger partial charge in [-0.3, -0.25) is 0 Å². The molecule has 0 aliphatic rings. The maximum absolute atomic E-state index is 4.68. The van der Waals surface area contributed by atoms with Gasteiger partial charge >= 0.3 is 0 Å². The standard InChI is InChI=1S/C17H20N4S2/c1-3-4-10-23-16-14-11-18-21(12-13-8-6-5-7-9-13)15(14)19-17(20-16)22-2/h5-9,11H,3-4,10,12H2,1-2H3. The predicted molar refractivity (Wildman–Crippen MR) is 98.3 cm³/mol. The summed E-state index contributed by atoms with van der Waals surface area (Å²) in [5.74, 6) is 1.08. The molecule has 2 aromatic heterocycles. The van der Waals surface area contributed by atoms with Gasteiger partial charge in [-0.1, -0.05) is 55.4 Å². The molecule has 4 nitrogen and oxygen atoms in total. The number of aromatic nitrogens is 4. The number of hydrogen-bond acceptors (Lipinski definition) is 5. The molecule has 23 heavy (non-hydrogen) atoms. The summed E-state index contributed by atoms with van der Waals surface area (Å²) in [6.45, 7) is 2.94. The summed E-state index contributed by atoms with van der Waals surface area (Å²) in [5, 5.41) is 7.46. The van der Waals surface area contributed by atoms with Crippen LogP contribution in [0.3, 0.4) is 0 Å². The molecule has 0 aliphatic carbocycles. The Morgan fingerprint density at radius 2 is 1.96 bits per heavy atom. The summed E-state index contributed by atoms with van der Waals surface area (Å²) < 4.78 is 1.97.